The van der Waals surface area contributed by atoms with Crippen LogP contribution in [0.3, 0.4) is 0 Å². The Hall–Kier alpha value is -3.49. The van der Waals surface area contributed by atoms with Crippen LogP contribution >= 0.6 is 0 Å². The van der Waals surface area contributed by atoms with E-state index in [4.69, 9.17) is 5.73 Å². The Kier molecular flexibility index (Phi) is 10.4. The quantitative estimate of drug-likeness (QED) is 0.366. The van der Waals surface area contributed by atoms with Crippen molar-refractivity contribution in [2.75, 3.05) is 5.01 Å². The van der Waals surface area contributed by atoms with E-state index < -0.39 is 29.8 Å². The minimum Gasteiger partial charge on any atom is -0.320 e. The van der Waals surface area contributed by atoms with Crippen molar-refractivity contribution in [1.29, 1.82) is 0 Å². The van der Waals surface area contributed by atoms with Crippen LogP contribution in [0.5, 0.6) is 0 Å². The maximum atomic E-state index is 13.5. The molecule has 8 nitrogen and oxygen atoms in total. The summed E-state index contributed by atoms with van der Waals surface area (Å²) < 4.78 is 0. The summed E-state index contributed by atoms with van der Waals surface area (Å²) in [5.41, 5.74) is 8.88. The molecule has 0 radical (unpaired) electrons. The van der Waals surface area contributed by atoms with Crippen molar-refractivity contribution in [2.24, 2.45) is 11.7 Å². The van der Waals surface area contributed by atoms with E-state index in [0.29, 0.717) is 12.1 Å². The van der Waals surface area contributed by atoms with E-state index >= 15 is 0 Å². The number of rotatable bonds is 10. The minimum absolute atomic E-state index is 0.0598. The fourth-order valence-electron chi connectivity index (χ4n) is 3.36. The Morgan fingerprint density at radius 1 is 1.00 bits per heavy atom. The van der Waals surface area contributed by atoms with Gasteiger partial charge in [-0.05, 0) is 43.4 Å². The zero-order valence-corrected chi connectivity index (χ0v) is 19.9. The van der Waals surface area contributed by atoms with E-state index in [9.17, 15) is 19.6 Å². The monoisotopic (exact) mass is 466 g/mol. The van der Waals surface area contributed by atoms with Crippen LogP contribution in [0.4, 0.5) is 5.69 Å². The Morgan fingerprint density at radius 2 is 1.59 bits per heavy atom. The van der Waals surface area contributed by atoms with Gasteiger partial charge in [0.2, 0.25) is 5.91 Å². The number of carbonyl (C=O) groups is 3. The average Bonchev–Trinajstić information content (AvgIpc) is 2.84. The summed E-state index contributed by atoms with van der Waals surface area (Å²) in [5, 5.41) is 11.8. The van der Waals surface area contributed by atoms with Crippen LogP contribution in [0.2, 0.25) is 0 Å². The van der Waals surface area contributed by atoms with E-state index in [2.05, 4.69) is 0 Å². The number of carbonyl (C=O) groups excluding carboxylic acids is 3. The molecule has 0 saturated heterocycles. The van der Waals surface area contributed by atoms with Gasteiger partial charge in [0.15, 0.2) is 0 Å². The normalized spacial score (nSPS) is 12.9. The average molecular weight is 467 g/mol. The third-order valence-electron chi connectivity index (χ3n) is 5.18. The lowest BCUT2D eigenvalue weighted by Gasteiger charge is -2.40. The number of hydrogen-bond donors (Lipinski definition) is 3. The predicted molar refractivity (Wildman–Crippen MR) is 132 cm³/mol. The van der Waals surface area contributed by atoms with Crippen LogP contribution in [0.25, 0.3) is 6.08 Å². The first-order valence-corrected chi connectivity index (χ1v) is 11.4. The third-order valence-corrected chi connectivity index (χ3v) is 5.18. The lowest BCUT2D eigenvalue weighted by atomic mass is 10.1. The molecule has 0 aromatic heterocycles. The van der Waals surface area contributed by atoms with Crippen LogP contribution in [-0.2, 0) is 14.4 Å². The number of benzene rings is 2. The van der Waals surface area contributed by atoms with Crippen LogP contribution in [-0.4, -0.2) is 40.0 Å². The van der Waals surface area contributed by atoms with Gasteiger partial charge in [0.25, 0.3) is 11.8 Å². The molecular weight excluding hydrogens is 432 g/mol. The number of nitrogens with two attached hydrogens (primary N) is 1. The van der Waals surface area contributed by atoms with E-state index in [1.54, 1.807) is 41.9 Å². The summed E-state index contributed by atoms with van der Waals surface area (Å²) in [7, 11) is 0. The van der Waals surface area contributed by atoms with E-state index in [-0.39, 0.29) is 18.8 Å². The summed E-state index contributed by atoms with van der Waals surface area (Å²) in [4.78, 5) is 39.5. The molecule has 0 saturated carbocycles. The van der Waals surface area contributed by atoms with Crippen LogP contribution in [0.1, 0.15) is 45.6 Å². The van der Waals surface area contributed by atoms with Gasteiger partial charge in [0, 0.05) is 6.42 Å². The van der Waals surface area contributed by atoms with Crippen molar-refractivity contribution >= 4 is 29.5 Å². The van der Waals surface area contributed by atoms with Crippen LogP contribution in [0, 0.1) is 5.92 Å². The first-order chi connectivity index (χ1) is 16.3. The van der Waals surface area contributed by atoms with Crippen LogP contribution in [0.15, 0.2) is 66.7 Å². The SMILES string of the molecule is CC(C)CCC(=O)N([C@@H](CC=Cc1ccccc1)C(=O)NO)N(C(=O)[C@@H](C)N)c1ccccc1. The van der Waals surface area contributed by atoms with Gasteiger partial charge in [0.1, 0.15) is 6.04 Å². The summed E-state index contributed by atoms with van der Waals surface area (Å²) in [6, 6.07) is 15.9. The lowest BCUT2D eigenvalue weighted by molar-refractivity contribution is -0.148. The van der Waals surface area contributed by atoms with Crippen molar-refractivity contribution in [2.45, 2.75) is 52.1 Å². The van der Waals surface area contributed by atoms with Gasteiger partial charge >= 0.3 is 0 Å². The standard InChI is InChI=1S/C26H34N4O4/c1-19(2)17-18-24(31)30(29(26(33)20(3)27)22-14-8-5-9-15-22)23(25(32)28-34)16-10-13-21-11-6-4-7-12-21/h4-15,19-20,23,34H,16-18,27H2,1-3H3,(H,28,32)/t20-,23+/m1/s1. The Morgan fingerprint density at radius 3 is 2.12 bits per heavy atom. The highest BCUT2D eigenvalue weighted by atomic mass is 16.5. The van der Waals surface area contributed by atoms with Crippen molar-refractivity contribution in [3.63, 3.8) is 0 Å². The van der Waals surface area contributed by atoms with Crippen LogP contribution < -0.4 is 16.2 Å². The second-order valence-corrected chi connectivity index (χ2v) is 8.49. The van der Waals surface area contributed by atoms with Crippen molar-refractivity contribution in [3.05, 3.63) is 72.3 Å². The molecule has 0 fully saturated rings. The maximum Gasteiger partial charge on any atom is 0.268 e. The first kappa shape index (κ1) is 26.8. The lowest BCUT2D eigenvalue weighted by Crippen LogP contribution is -2.61. The van der Waals surface area contributed by atoms with Gasteiger partial charge in [0.05, 0.1) is 11.7 Å². The minimum atomic E-state index is -1.19. The molecule has 0 spiro atoms. The zero-order valence-electron chi connectivity index (χ0n) is 19.9. The molecule has 0 heterocycles. The molecule has 2 aromatic rings. The molecule has 2 aromatic carbocycles. The predicted octanol–water partition coefficient (Wildman–Crippen LogP) is 3.52. The molecule has 4 N–H and O–H groups in total. The molecule has 0 aliphatic carbocycles. The van der Waals surface area contributed by atoms with Gasteiger partial charge in [-0.15, -0.1) is 0 Å². The smallest absolute Gasteiger partial charge is 0.268 e. The zero-order chi connectivity index (χ0) is 25.1. The Labute approximate surface area is 201 Å². The van der Waals surface area contributed by atoms with E-state index in [0.717, 1.165) is 15.6 Å². The van der Waals surface area contributed by atoms with Crippen molar-refractivity contribution in [1.82, 2.24) is 10.5 Å². The number of hydrogen-bond acceptors (Lipinski definition) is 5. The summed E-state index contributed by atoms with van der Waals surface area (Å²) in [6.45, 7) is 5.49. The highest BCUT2D eigenvalue weighted by Crippen LogP contribution is 2.23. The number of nitrogens with one attached hydrogen (secondary N) is 1. The summed E-state index contributed by atoms with van der Waals surface area (Å²) in [6.07, 6.45) is 4.29. The molecule has 0 aliphatic heterocycles. The number of hydrazine groups is 1. The molecule has 34 heavy (non-hydrogen) atoms. The highest BCUT2D eigenvalue weighted by molar-refractivity contribution is 6.01. The molecular formula is C26H34N4O4. The summed E-state index contributed by atoms with van der Waals surface area (Å²) >= 11 is 0. The topological polar surface area (TPSA) is 116 Å². The van der Waals surface area contributed by atoms with E-state index in [1.165, 1.54) is 6.92 Å². The fourth-order valence-corrected chi connectivity index (χ4v) is 3.36. The van der Waals surface area contributed by atoms with Gasteiger partial charge in [-0.25, -0.2) is 15.5 Å². The molecule has 8 heteroatoms. The molecule has 2 atom stereocenters. The Bertz CT molecular complexity index is 961. The maximum absolute atomic E-state index is 13.5. The van der Waals surface area contributed by atoms with Gasteiger partial charge in [-0.1, -0.05) is 74.5 Å². The second kappa shape index (κ2) is 13.3. The molecule has 0 unspecified atom stereocenters. The number of amides is 3. The largest absolute Gasteiger partial charge is 0.320 e. The third kappa shape index (κ3) is 7.54. The van der Waals surface area contributed by atoms with Gasteiger partial charge < -0.3 is 5.73 Å². The van der Waals surface area contributed by atoms with Gasteiger partial charge in [-0.2, -0.15) is 0 Å². The molecule has 3 amide bonds. The van der Waals surface area contributed by atoms with Gasteiger partial charge in [-0.3, -0.25) is 19.6 Å². The number of hydroxylamine groups is 1. The van der Waals surface area contributed by atoms with E-state index in [1.807, 2.05) is 50.3 Å². The molecule has 0 bridgehead atoms. The number of anilines is 1. The number of para-hydroxylation sites is 1. The highest BCUT2D eigenvalue weighted by Gasteiger charge is 2.37. The number of nitrogens with zero attached hydrogens (tertiary/aromatic N) is 2. The molecule has 2 rings (SSSR count). The molecule has 182 valence electrons. The fraction of sp³-hybridized carbons (Fsp3) is 0.346. The Balaban J connectivity index is 2.54. The van der Waals surface area contributed by atoms with Crippen molar-refractivity contribution < 1.29 is 19.6 Å². The molecule has 0 aliphatic rings. The van der Waals surface area contributed by atoms with Crippen molar-refractivity contribution in [3.8, 4) is 0 Å². The second-order valence-electron chi connectivity index (χ2n) is 8.49. The first-order valence-electron chi connectivity index (χ1n) is 11.4. The summed E-state index contributed by atoms with van der Waals surface area (Å²) in [5.74, 6) is -1.54.